The van der Waals surface area contributed by atoms with Gasteiger partial charge in [0, 0.05) is 17.6 Å². The molecule has 3 rings (SSSR count). The summed E-state index contributed by atoms with van der Waals surface area (Å²) in [5.74, 6) is -0.171. The highest BCUT2D eigenvalue weighted by Crippen LogP contribution is 2.21. The van der Waals surface area contributed by atoms with E-state index < -0.39 is 0 Å². The number of hydrogen-bond donors (Lipinski definition) is 2. The van der Waals surface area contributed by atoms with Gasteiger partial charge in [0.25, 0.3) is 5.91 Å². The van der Waals surface area contributed by atoms with Crippen LogP contribution in [-0.2, 0) is 0 Å². The van der Waals surface area contributed by atoms with Gasteiger partial charge in [-0.1, -0.05) is 18.2 Å². The van der Waals surface area contributed by atoms with Gasteiger partial charge in [0.15, 0.2) is 0 Å². The molecule has 132 valence electrons. The lowest BCUT2D eigenvalue weighted by atomic mass is 10.1. The Bertz CT molecular complexity index is 943. The predicted octanol–water partition coefficient (Wildman–Crippen LogP) is 5.31. The van der Waals surface area contributed by atoms with E-state index in [-0.39, 0.29) is 5.91 Å². The lowest BCUT2D eigenvalue weighted by molar-refractivity contribution is 0.102. The van der Waals surface area contributed by atoms with Gasteiger partial charge in [0.05, 0.1) is 17.4 Å². The molecule has 26 heavy (non-hydrogen) atoms. The number of benzene rings is 2. The monoisotopic (exact) mass is 345 g/mol. The lowest BCUT2D eigenvalue weighted by Crippen LogP contribution is -2.13. The summed E-state index contributed by atoms with van der Waals surface area (Å²) >= 11 is 0. The topological polar surface area (TPSA) is 54.0 Å². The van der Waals surface area contributed by atoms with Crippen LogP contribution in [0.25, 0.3) is 0 Å². The largest absolute Gasteiger partial charge is 0.354 e. The Hall–Kier alpha value is -3.14. The SMILES string of the molecule is Cc1cc(C)cc(Nc2cncc(C(=O)Nc3cc(C)ccc3C)c2)c1. The lowest BCUT2D eigenvalue weighted by Gasteiger charge is -2.11. The molecule has 0 aliphatic carbocycles. The second kappa shape index (κ2) is 7.40. The third-order valence-electron chi connectivity index (χ3n) is 4.15. The van der Waals surface area contributed by atoms with Crippen LogP contribution in [-0.4, -0.2) is 10.9 Å². The zero-order valence-corrected chi connectivity index (χ0v) is 15.6. The quantitative estimate of drug-likeness (QED) is 0.673. The standard InChI is InChI=1S/C22H23N3O/c1-14-5-6-17(4)21(10-14)25-22(26)18-11-20(13-23-12-18)24-19-8-15(2)7-16(3)9-19/h5-13,24H,1-4H3,(H,25,26). The van der Waals surface area contributed by atoms with Crippen molar-refractivity contribution in [3.05, 3.63) is 82.7 Å². The Labute approximate surface area is 154 Å². The number of nitrogens with one attached hydrogen (secondary N) is 2. The van der Waals surface area contributed by atoms with Crippen LogP contribution in [0.5, 0.6) is 0 Å². The van der Waals surface area contributed by atoms with Crippen LogP contribution >= 0.6 is 0 Å². The maximum Gasteiger partial charge on any atom is 0.257 e. The van der Waals surface area contributed by atoms with Crippen molar-refractivity contribution >= 4 is 23.0 Å². The molecule has 1 aromatic heterocycles. The van der Waals surface area contributed by atoms with E-state index in [0.717, 1.165) is 28.2 Å². The first-order valence-corrected chi connectivity index (χ1v) is 8.60. The first-order chi connectivity index (χ1) is 12.4. The first-order valence-electron chi connectivity index (χ1n) is 8.60. The molecular formula is C22H23N3O. The number of aromatic nitrogens is 1. The van der Waals surface area contributed by atoms with Crippen LogP contribution in [0, 0.1) is 27.7 Å². The van der Waals surface area contributed by atoms with Crippen molar-refractivity contribution in [3.8, 4) is 0 Å². The summed E-state index contributed by atoms with van der Waals surface area (Å²) < 4.78 is 0. The van der Waals surface area contributed by atoms with Gasteiger partial charge in [0.1, 0.15) is 0 Å². The molecule has 0 fully saturated rings. The normalized spacial score (nSPS) is 10.5. The molecule has 1 heterocycles. The molecule has 0 saturated carbocycles. The minimum absolute atomic E-state index is 0.171. The van der Waals surface area contributed by atoms with Gasteiger partial charge in [-0.15, -0.1) is 0 Å². The van der Waals surface area contributed by atoms with E-state index in [4.69, 9.17) is 0 Å². The molecule has 3 aromatic rings. The minimum atomic E-state index is -0.171. The molecule has 1 amide bonds. The number of anilines is 3. The molecule has 4 nitrogen and oxygen atoms in total. The Balaban J connectivity index is 1.80. The predicted molar refractivity (Wildman–Crippen MR) is 107 cm³/mol. The molecule has 0 radical (unpaired) electrons. The van der Waals surface area contributed by atoms with Crippen molar-refractivity contribution in [2.24, 2.45) is 0 Å². The smallest absolute Gasteiger partial charge is 0.257 e. The molecule has 2 N–H and O–H groups in total. The Morgan fingerprint density at radius 3 is 2.27 bits per heavy atom. The number of aryl methyl sites for hydroxylation is 4. The fraction of sp³-hybridized carbons (Fsp3) is 0.182. The summed E-state index contributed by atoms with van der Waals surface area (Å²) in [7, 11) is 0. The van der Waals surface area contributed by atoms with E-state index >= 15 is 0 Å². The van der Waals surface area contributed by atoms with Crippen LogP contribution in [0.2, 0.25) is 0 Å². The molecular weight excluding hydrogens is 322 g/mol. The second-order valence-corrected chi connectivity index (χ2v) is 6.74. The highest BCUT2D eigenvalue weighted by Gasteiger charge is 2.10. The maximum absolute atomic E-state index is 12.6. The van der Waals surface area contributed by atoms with Gasteiger partial charge in [-0.2, -0.15) is 0 Å². The van der Waals surface area contributed by atoms with Gasteiger partial charge in [0.2, 0.25) is 0 Å². The summed E-state index contributed by atoms with van der Waals surface area (Å²) in [5, 5.41) is 6.29. The van der Waals surface area contributed by atoms with Crippen LogP contribution in [0.3, 0.4) is 0 Å². The molecule has 2 aromatic carbocycles. The summed E-state index contributed by atoms with van der Waals surface area (Å²) in [4.78, 5) is 16.8. The third kappa shape index (κ3) is 4.28. The number of carbonyl (C=O) groups excluding carboxylic acids is 1. The Kier molecular flexibility index (Phi) is 5.03. The molecule has 0 aliphatic heterocycles. The molecule has 0 spiro atoms. The zero-order chi connectivity index (χ0) is 18.7. The molecule has 0 bridgehead atoms. The van der Waals surface area contributed by atoms with Crippen LogP contribution in [0.1, 0.15) is 32.6 Å². The Morgan fingerprint density at radius 1 is 0.808 bits per heavy atom. The molecule has 4 heteroatoms. The summed E-state index contributed by atoms with van der Waals surface area (Å²) in [6, 6.07) is 14.1. The Morgan fingerprint density at radius 2 is 1.54 bits per heavy atom. The average molecular weight is 345 g/mol. The van der Waals surface area contributed by atoms with E-state index in [9.17, 15) is 4.79 Å². The van der Waals surface area contributed by atoms with Gasteiger partial charge in [-0.3, -0.25) is 9.78 Å². The number of nitrogens with zero attached hydrogens (tertiary/aromatic N) is 1. The van der Waals surface area contributed by atoms with Gasteiger partial charge in [-0.25, -0.2) is 0 Å². The van der Waals surface area contributed by atoms with E-state index in [0.29, 0.717) is 5.56 Å². The van der Waals surface area contributed by atoms with Gasteiger partial charge < -0.3 is 10.6 Å². The molecule has 0 aliphatic rings. The highest BCUT2D eigenvalue weighted by atomic mass is 16.1. The van der Waals surface area contributed by atoms with E-state index in [1.165, 1.54) is 11.1 Å². The summed E-state index contributed by atoms with van der Waals surface area (Å²) in [6.45, 7) is 8.10. The van der Waals surface area contributed by atoms with Crippen molar-refractivity contribution in [3.63, 3.8) is 0 Å². The van der Waals surface area contributed by atoms with Crippen LogP contribution in [0.15, 0.2) is 54.9 Å². The van der Waals surface area contributed by atoms with Crippen LogP contribution in [0.4, 0.5) is 17.1 Å². The third-order valence-corrected chi connectivity index (χ3v) is 4.15. The van der Waals surface area contributed by atoms with Gasteiger partial charge >= 0.3 is 0 Å². The van der Waals surface area contributed by atoms with Crippen LogP contribution < -0.4 is 10.6 Å². The maximum atomic E-state index is 12.6. The minimum Gasteiger partial charge on any atom is -0.354 e. The van der Waals surface area contributed by atoms with Crippen molar-refractivity contribution in [1.82, 2.24) is 4.98 Å². The fourth-order valence-electron chi connectivity index (χ4n) is 2.91. The van der Waals surface area contributed by atoms with Crippen molar-refractivity contribution in [2.75, 3.05) is 10.6 Å². The van der Waals surface area contributed by atoms with Crippen molar-refractivity contribution in [1.29, 1.82) is 0 Å². The molecule has 0 saturated heterocycles. The van der Waals surface area contributed by atoms with E-state index in [1.54, 1.807) is 12.4 Å². The zero-order valence-electron chi connectivity index (χ0n) is 15.6. The average Bonchev–Trinajstić information content (AvgIpc) is 2.57. The van der Waals surface area contributed by atoms with E-state index in [1.807, 2.05) is 38.1 Å². The first kappa shape index (κ1) is 17.7. The van der Waals surface area contributed by atoms with Crippen molar-refractivity contribution in [2.45, 2.75) is 27.7 Å². The van der Waals surface area contributed by atoms with E-state index in [2.05, 4.69) is 47.7 Å². The number of rotatable bonds is 4. The summed E-state index contributed by atoms with van der Waals surface area (Å²) in [6.07, 6.45) is 3.29. The fourth-order valence-corrected chi connectivity index (χ4v) is 2.91. The second-order valence-electron chi connectivity index (χ2n) is 6.74. The van der Waals surface area contributed by atoms with Gasteiger partial charge in [-0.05, 0) is 74.2 Å². The highest BCUT2D eigenvalue weighted by molar-refractivity contribution is 6.05. The van der Waals surface area contributed by atoms with Crippen molar-refractivity contribution < 1.29 is 4.79 Å². The number of hydrogen-bond acceptors (Lipinski definition) is 3. The molecule has 0 atom stereocenters. The molecule has 0 unspecified atom stereocenters. The summed E-state index contributed by atoms with van der Waals surface area (Å²) in [5.41, 5.74) is 7.60. The number of carbonyl (C=O) groups is 1. The number of pyridine rings is 1. The number of amides is 1.